The van der Waals surface area contributed by atoms with Crippen molar-refractivity contribution in [1.29, 1.82) is 0 Å². The summed E-state index contributed by atoms with van der Waals surface area (Å²) in [6, 6.07) is 7.81. The van der Waals surface area contributed by atoms with Crippen molar-refractivity contribution in [3.05, 3.63) is 45.1 Å². The number of halogens is 1. The first-order valence-electron chi connectivity index (χ1n) is 5.96. The summed E-state index contributed by atoms with van der Waals surface area (Å²) in [5, 5.41) is 2.57. The van der Waals surface area contributed by atoms with E-state index in [1.54, 1.807) is 18.4 Å². The Kier molecular flexibility index (Phi) is 5.07. The quantitative estimate of drug-likeness (QED) is 0.887. The molecular weight excluding hydrogens is 282 g/mol. The minimum Gasteiger partial charge on any atom is -0.493 e. The molecule has 2 aromatic rings. The van der Waals surface area contributed by atoms with Crippen LogP contribution in [-0.2, 0) is 13.0 Å². The van der Waals surface area contributed by atoms with Gasteiger partial charge in [0.15, 0.2) is 11.5 Å². The van der Waals surface area contributed by atoms with Crippen LogP contribution in [0.1, 0.15) is 10.4 Å². The first kappa shape index (κ1) is 14.2. The van der Waals surface area contributed by atoms with E-state index in [9.17, 15) is 0 Å². The first-order chi connectivity index (χ1) is 9.24. The molecule has 0 radical (unpaired) electrons. The van der Waals surface area contributed by atoms with Crippen molar-refractivity contribution in [1.82, 2.24) is 0 Å². The van der Waals surface area contributed by atoms with Gasteiger partial charge in [0.05, 0.1) is 12.1 Å². The van der Waals surface area contributed by atoms with Gasteiger partial charge in [0, 0.05) is 4.88 Å². The summed E-state index contributed by atoms with van der Waals surface area (Å²) < 4.78 is 11.1. The van der Waals surface area contributed by atoms with E-state index < -0.39 is 0 Å². The van der Waals surface area contributed by atoms with Crippen molar-refractivity contribution in [3.8, 4) is 11.5 Å². The Morgan fingerprint density at radius 2 is 2.21 bits per heavy atom. The number of hydrogen-bond donors (Lipinski definition) is 1. The van der Waals surface area contributed by atoms with Crippen molar-refractivity contribution in [2.45, 2.75) is 13.0 Å². The van der Waals surface area contributed by atoms with Crippen molar-refractivity contribution in [2.24, 2.45) is 5.73 Å². The Morgan fingerprint density at radius 1 is 1.37 bits per heavy atom. The fourth-order valence-corrected chi connectivity index (χ4v) is 2.67. The number of nitrogens with two attached hydrogens (primary N) is 1. The predicted molar refractivity (Wildman–Crippen MR) is 79.4 cm³/mol. The lowest BCUT2D eigenvalue weighted by atomic mass is 10.1. The average Bonchev–Trinajstić information content (AvgIpc) is 2.90. The molecule has 102 valence electrons. The summed E-state index contributed by atoms with van der Waals surface area (Å²) in [6.45, 7) is 1.07. The van der Waals surface area contributed by atoms with Crippen molar-refractivity contribution in [3.63, 3.8) is 0 Å². The van der Waals surface area contributed by atoms with Crippen LogP contribution in [0.4, 0.5) is 0 Å². The Morgan fingerprint density at radius 3 is 2.84 bits per heavy atom. The highest BCUT2D eigenvalue weighted by Gasteiger charge is 2.12. The SMILES string of the molecule is COc1cc(CCN)cc(Cl)c1OCc1cccs1. The van der Waals surface area contributed by atoms with Gasteiger partial charge in [-0.3, -0.25) is 0 Å². The molecule has 3 nitrogen and oxygen atoms in total. The third kappa shape index (κ3) is 3.62. The molecule has 2 rings (SSSR count). The molecule has 0 atom stereocenters. The van der Waals surface area contributed by atoms with E-state index in [4.69, 9.17) is 26.8 Å². The molecule has 1 heterocycles. The molecular formula is C14H16ClNO2S. The van der Waals surface area contributed by atoms with Gasteiger partial charge in [-0.2, -0.15) is 0 Å². The molecule has 0 aliphatic carbocycles. The third-order valence-electron chi connectivity index (χ3n) is 2.66. The van der Waals surface area contributed by atoms with Crippen LogP contribution in [0.2, 0.25) is 5.02 Å². The molecule has 0 saturated heterocycles. The van der Waals surface area contributed by atoms with Crippen LogP contribution in [0.25, 0.3) is 0 Å². The number of hydrogen-bond acceptors (Lipinski definition) is 4. The summed E-state index contributed by atoms with van der Waals surface area (Å²) in [4.78, 5) is 1.14. The molecule has 0 saturated carbocycles. The fourth-order valence-electron chi connectivity index (χ4n) is 1.76. The van der Waals surface area contributed by atoms with Gasteiger partial charge < -0.3 is 15.2 Å². The molecule has 2 N–H and O–H groups in total. The molecule has 19 heavy (non-hydrogen) atoms. The maximum atomic E-state index is 6.25. The van der Waals surface area contributed by atoms with Crippen LogP contribution in [0.15, 0.2) is 29.6 Å². The molecule has 0 unspecified atom stereocenters. The van der Waals surface area contributed by atoms with Crippen LogP contribution in [0.5, 0.6) is 11.5 Å². The van der Waals surface area contributed by atoms with Crippen LogP contribution in [-0.4, -0.2) is 13.7 Å². The summed E-state index contributed by atoms with van der Waals surface area (Å²) in [6.07, 6.45) is 0.765. The molecule has 0 aliphatic heterocycles. The van der Waals surface area contributed by atoms with Crippen LogP contribution in [0, 0.1) is 0 Å². The lowest BCUT2D eigenvalue weighted by Crippen LogP contribution is -2.04. The van der Waals surface area contributed by atoms with E-state index in [0.717, 1.165) is 16.9 Å². The van der Waals surface area contributed by atoms with E-state index >= 15 is 0 Å². The molecule has 0 bridgehead atoms. The summed E-state index contributed by atoms with van der Waals surface area (Å²) in [5.41, 5.74) is 6.60. The molecule has 0 aliphatic rings. The molecule has 1 aromatic carbocycles. The topological polar surface area (TPSA) is 44.5 Å². The Hall–Kier alpha value is -1.23. The fraction of sp³-hybridized carbons (Fsp3) is 0.286. The van der Waals surface area contributed by atoms with E-state index in [2.05, 4.69) is 0 Å². The number of thiophene rings is 1. The number of rotatable bonds is 6. The van der Waals surface area contributed by atoms with Gasteiger partial charge >= 0.3 is 0 Å². The van der Waals surface area contributed by atoms with Gasteiger partial charge in [-0.05, 0) is 42.1 Å². The zero-order chi connectivity index (χ0) is 13.7. The summed E-state index contributed by atoms with van der Waals surface area (Å²) in [5.74, 6) is 1.23. The van der Waals surface area contributed by atoms with Gasteiger partial charge in [-0.1, -0.05) is 17.7 Å². The number of benzene rings is 1. The predicted octanol–water partition coefficient (Wildman–Crippen LogP) is 3.49. The lowest BCUT2D eigenvalue weighted by molar-refractivity contribution is 0.287. The summed E-state index contributed by atoms with van der Waals surface area (Å²) in [7, 11) is 1.61. The average molecular weight is 298 g/mol. The number of ether oxygens (including phenoxy) is 2. The second kappa shape index (κ2) is 6.80. The second-order valence-electron chi connectivity index (χ2n) is 4.02. The largest absolute Gasteiger partial charge is 0.493 e. The number of methoxy groups -OCH3 is 1. The molecule has 1 aromatic heterocycles. The summed E-state index contributed by atoms with van der Waals surface area (Å²) >= 11 is 7.89. The van der Waals surface area contributed by atoms with Gasteiger partial charge in [0.25, 0.3) is 0 Å². The Labute approximate surface area is 121 Å². The van der Waals surface area contributed by atoms with E-state index in [1.165, 1.54) is 0 Å². The zero-order valence-corrected chi connectivity index (χ0v) is 12.3. The van der Waals surface area contributed by atoms with Crippen molar-refractivity contribution < 1.29 is 9.47 Å². The van der Waals surface area contributed by atoms with E-state index in [1.807, 2.05) is 29.6 Å². The molecule has 5 heteroatoms. The van der Waals surface area contributed by atoms with Crippen LogP contribution in [0.3, 0.4) is 0 Å². The highest BCUT2D eigenvalue weighted by molar-refractivity contribution is 7.09. The highest BCUT2D eigenvalue weighted by atomic mass is 35.5. The Bertz CT molecular complexity index is 528. The van der Waals surface area contributed by atoms with E-state index in [-0.39, 0.29) is 0 Å². The maximum absolute atomic E-state index is 6.25. The lowest BCUT2D eigenvalue weighted by Gasteiger charge is -2.13. The maximum Gasteiger partial charge on any atom is 0.180 e. The smallest absolute Gasteiger partial charge is 0.180 e. The highest BCUT2D eigenvalue weighted by Crippen LogP contribution is 2.37. The first-order valence-corrected chi connectivity index (χ1v) is 7.22. The third-order valence-corrected chi connectivity index (χ3v) is 3.79. The van der Waals surface area contributed by atoms with Gasteiger partial charge in [0.1, 0.15) is 6.61 Å². The molecule has 0 spiro atoms. The van der Waals surface area contributed by atoms with Gasteiger partial charge in [-0.25, -0.2) is 0 Å². The second-order valence-corrected chi connectivity index (χ2v) is 5.46. The minimum atomic E-state index is 0.490. The van der Waals surface area contributed by atoms with Crippen LogP contribution < -0.4 is 15.2 Å². The van der Waals surface area contributed by atoms with Gasteiger partial charge in [-0.15, -0.1) is 11.3 Å². The van der Waals surface area contributed by atoms with Crippen molar-refractivity contribution in [2.75, 3.05) is 13.7 Å². The monoisotopic (exact) mass is 297 g/mol. The zero-order valence-electron chi connectivity index (χ0n) is 10.7. The normalized spacial score (nSPS) is 10.5. The molecule has 0 amide bonds. The molecule has 0 fully saturated rings. The standard InChI is InChI=1S/C14H16ClNO2S/c1-17-13-8-10(4-5-16)7-12(15)14(13)18-9-11-3-2-6-19-11/h2-3,6-8H,4-5,9,16H2,1H3. The Balaban J connectivity index is 2.18. The van der Waals surface area contributed by atoms with Crippen molar-refractivity contribution >= 4 is 22.9 Å². The minimum absolute atomic E-state index is 0.490. The van der Waals surface area contributed by atoms with E-state index in [0.29, 0.717) is 29.7 Å². The van der Waals surface area contributed by atoms with Crippen LogP contribution >= 0.6 is 22.9 Å². The van der Waals surface area contributed by atoms with Gasteiger partial charge in [0.2, 0.25) is 0 Å².